The summed E-state index contributed by atoms with van der Waals surface area (Å²) in [6, 6.07) is 3.56. The molecule has 4 rings (SSSR count). The van der Waals surface area contributed by atoms with Crippen LogP contribution < -0.4 is 5.73 Å². The zero-order valence-corrected chi connectivity index (χ0v) is 22.0. The van der Waals surface area contributed by atoms with Gasteiger partial charge in [0, 0.05) is 52.3 Å². The summed E-state index contributed by atoms with van der Waals surface area (Å²) < 4.78 is 0. The molecule has 1 aliphatic heterocycles. The van der Waals surface area contributed by atoms with E-state index in [1.165, 1.54) is 0 Å². The highest BCUT2D eigenvalue weighted by Crippen LogP contribution is 2.47. The number of amides is 1. The Hall–Kier alpha value is -2.54. The zero-order valence-electron chi connectivity index (χ0n) is 21.2. The molecule has 6 nitrogen and oxygen atoms in total. The number of nitrogens with two attached hydrogens (primary N) is 1. The third-order valence-electron chi connectivity index (χ3n) is 8.18. The minimum Gasteiger partial charge on any atom is -0.398 e. The van der Waals surface area contributed by atoms with Gasteiger partial charge in [-0.1, -0.05) is 27.7 Å². The van der Waals surface area contributed by atoms with Gasteiger partial charge in [-0.3, -0.25) is 9.59 Å². The fourth-order valence-corrected chi connectivity index (χ4v) is 6.50. The first kappa shape index (κ1) is 24.6. The molecule has 7 heteroatoms. The molecule has 3 N–H and O–H groups in total. The van der Waals surface area contributed by atoms with E-state index in [4.69, 9.17) is 16.1 Å². The number of fused-ring (bicyclic) bond motifs is 1. The molecule has 1 amide bonds. The molecule has 0 atom stereocenters. The number of rotatable bonds is 4. The van der Waals surface area contributed by atoms with Crippen LogP contribution >= 0.6 is 11.3 Å². The van der Waals surface area contributed by atoms with Gasteiger partial charge in [0.2, 0.25) is 0 Å². The van der Waals surface area contributed by atoms with Crippen molar-refractivity contribution < 1.29 is 9.59 Å². The molecule has 2 aliphatic rings. The van der Waals surface area contributed by atoms with Crippen LogP contribution in [0.2, 0.25) is 0 Å². The second-order valence-corrected chi connectivity index (χ2v) is 12.2. The van der Waals surface area contributed by atoms with Crippen molar-refractivity contribution in [1.29, 1.82) is 5.41 Å². The Bertz CT molecular complexity index is 1170. The van der Waals surface area contributed by atoms with Gasteiger partial charge in [-0.15, -0.1) is 11.3 Å². The molecule has 0 radical (unpaired) electrons. The van der Waals surface area contributed by atoms with Crippen LogP contribution in [0.4, 0.5) is 5.69 Å². The number of aryl methyl sites for hydroxylation is 1. The first-order valence-corrected chi connectivity index (χ1v) is 12.9. The van der Waals surface area contributed by atoms with Crippen LogP contribution in [0, 0.1) is 23.7 Å². The fourth-order valence-electron chi connectivity index (χ4n) is 4.99. The summed E-state index contributed by atoms with van der Waals surface area (Å²) in [5.41, 5.74) is 9.59. The molecule has 1 aliphatic carbocycles. The van der Waals surface area contributed by atoms with Crippen molar-refractivity contribution in [3.8, 4) is 0 Å². The number of aromatic nitrogens is 1. The monoisotopic (exact) mass is 480 g/mol. The van der Waals surface area contributed by atoms with E-state index in [-0.39, 0.29) is 22.5 Å². The van der Waals surface area contributed by atoms with Gasteiger partial charge in [0.15, 0.2) is 5.78 Å². The second kappa shape index (κ2) is 8.59. The molecule has 1 spiro atoms. The van der Waals surface area contributed by atoms with Gasteiger partial charge in [-0.25, -0.2) is 4.98 Å². The molecule has 182 valence electrons. The smallest absolute Gasteiger partial charge is 0.253 e. The normalized spacial score (nSPS) is 17.9. The average Bonchev–Trinajstić information content (AvgIpc) is 3.20. The molecule has 0 unspecified atom stereocenters. The topological polar surface area (TPSA) is 100 Å². The SMILES string of the molecule is CC(=N)c1cc(C(=O)N2CCC3(CC2)CC(=O)c2nc(C(C)(C)C(C)C)sc2C3)cc(C)c1N. The lowest BCUT2D eigenvalue weighted by Gasteiger charge is -2.43. The molecule has 2 heterocycles. The highest BCUT2D eigenvalue weighted by Gasteiger charge is 2.44. The number of anilines is 1. The molecule has 2 aromatic rings. The van der Waals surface area contributed by atoms with Gasteiger partial charge in [0.05, 0.1) is 5.01 Å². The van der Waals surface area contributed by atoms with Crippen molar-refractivity contribution in [2.24, 2.45) is 11.3 Å². The van der Waals surface area contributed by atoms with E-state index in [1.54, 1.807) is 24.3 Å². The number of ketones is 1. The highest BCUT2D eigenvalue weighted by atomic mass is 32.1. The lowest BCUT2D eigenvalue weighted by molar-refractivity contribution is 0.0522. The minimum absolute atomic E-state index is 0.0259. The number of likely N-dealkylation sites (tertiary alicyclic amines) is 1. The molecule has 34 heavy (non-hydrogen) atoms. The van der Waals surface area contributed by atoms with Gasteiger partial charge >= 0.3 is 0 Å². The van der Waals surface area contributed by atoms with Crippen molar-refractivity contribution in [1.82, 2.24) is 9.88 Å². The van der Waals surface area contributed by atoms with Gasteiger partial charge in [0.1, 0.15) is 5.69 Å². The summed E-state index contributed by atoms with van der Waals surface area (Å²) in [5.74, 6) is 0.567. The van der Waals surface area contributed by atoms with E-state index in [2.05, 4.69) is 27.7 Å². The number of carbonyl (C=O) groups is 2. The number of hydrogen-bond donors (Lipinski definition) is 2. The van der Waals surface area contributed by atoms with Crippen LogP contribution in [-0.2, 0) is 11.8 Å². The van der Waals surface area contributed by atoms with Crippen LogP contribution in [0.25, 0.3) is 0 Å². The first-order chi connectivity index (χ1) is 15.8. The first-order valence-electron chi connectivity index (χ1n) is 12.1. The van der Waals surface area contributed by atoms with E-state index in [0.717, 1.165) is 34.7 Å². The van der Waals surface area contributed by atoms with E-state index in [1.807, 2.05) is 17.9 Å². The zero-order chi connectivity index (χ0) is 25.0. The molecule has 1 aromatic heterocycles. The molecular formula is C27H36N4O2S. The van der Waals surface area contributed by atoms with Crippen LogP contribution in [0.3, 0.4) is 0 Å². The van der Waals surface area contributed by atoms with E-state index >= 15 is 0 Å². The van der Waals surface area contributed by atoms with Gasteiger partial charge in [0.25, 0.3) is 5.91 Å². The molecule has 0 saturated carbocycles. The number of carbonyl (C=O) groups excluding carboxylic acids is 2. The van der Waals surface area contributed by atoms with Crippen LogP contribution in [0.5, 0.6) is 0 Å². The minimum atomic E-state index is -0.0830. The maximum atomic E-state index is 13.3. The van der Waals surface area contributed by atoms with E-state index < -0.39 is 0 Å². The van der Waals surface area contributed by atoms with Crippen LogP contribution in [0.15, 0.2) is 12.1 Å². The lowest BCUT2D eigenvalue weighted by atomic mass is 9.68. The number of Topliss-reactive ketones (excluding diaryl/α,β-unsaturated/α-hetero) is 1. The maximum absolute atomic E-state index is 13.3. The van der Waals surface area contributed by atoms with Crippen LogP contribution in [0.1, 0.15) is 95.7 Å². The second-order valence-electron chi connectivity index (χ2n) is 11.1. The summed E-state index contributed by atoms with van der Waals surface area (Å²) in [6.07, 6.45) is 3.02. The van der Waals surface area contributed by atoms with Crippen molar-refractivity contribution in [3.05, 3.63) is 44.4 Å². The van der Waals surface area contributed by atoms with Gasteiger partial charge < -0.3 is 16.0 Å². The third kappa shape index (κ3) is 4.19. The Kier molecular flexibility index (Phi) is 6.21. The van der Waals surface area contributed by atoms with Crippen molar-refractivity contribution in [3.63, 3.8) is 0 Å². The quantitative estimate of drug-likeness (QED) is 0.451. The van der Waals surface area contributed by atoms with Gasteiger partial charge in [-0.2, -0.15) is 0 Å². The third-order valence-corrected chi connectivity index (χ3v) is 9.57. The summed E-state index contributed by atoms with van der Waals surface area (Å²) >= 11 is 1.71. The maximum Gasteiger partial charge on any atom is 0.253 e. The predicted molar refractivity (Wildman–Crippen MR) is 138 cm³/mol. The molecular weight excluding hydrogens is 444 g/mol. The van der Waals surface area contributed by atoms with Crippen LogP contribution in [-0.4, -0.2) is 40.4 Å². The van der Waals surface area contributed by atoms with Crippen molar-refractivity contribution in [2.45, 2.75) is 72.6 Å². The summed E-state index contributed by atoms with van der Waals surface area (Å²) in [7, 11) is 0. The highest BCUT2D eigenvalue weighted by molar-refractivity contribution is 7.12. The number of hydrogen-bond acceptors (Lipinski definition) is 6. The standard InChI is InChI=1S/C27H36N4O2S/c1-15(2)26(5,6)25-30-23-20(32)13-27(14-21(23)34-25)7-9-31(10-8-27)24(33)18-11-16(3)22(29)19(12-18)17(4)28/h11-12,15,28H,7-10,13-14,29H2,1-6H3. The Labute approximate surface area is 206 Å². The summed E-state index contributed by atoms with van der Waals surface area (Å²) in [4.78, 5) is 34.2. The van der Waals surface area contributed by atoms with Crippen molar-refractivity contribution >= 4 is 34.4 Å². The van der Waals surface area contributed by atoms with Crippen molar-refractivity contribution in [2.75, 3.05) is 18.8 Å². The predicted octanol–water partition coefficient (Wildman–Crippen LogP) is 5.41. The summed E-state index contributed by atoms with van der Waals surface area (Å²) in [6.45, 7) is 13.6. The molecule has 1 aromatic carbocycles. The fraction of sp³-hybridized carbons (Fsp3) is 0.556. The Balaban J connectivity index is 1.51. The Morgan fingerprint density at radius 1 is 1.24 bits per heavy atom. The number of nitrogen functional groups attached to an aromatic ring is 1. The number of nitrogens with zero attached hydrogens (tertiary/aromatic N) is 2. The number of piperidine rings is 1. The molecule has 1 saturated heterocycles. The Morgan fingerprint density at radius 2 is 1.88 bits per heavy atom. The lowest BCUT2D eigenvalue weighted by Crippen LogP contribution is -2.46. The molecule has 1 fully saturated rings. The number of thiazole rings is 1. The largest absolute Gasteiger partial charge is 0.398 e. The number of nitrogens with one attached hydrogen (secondary N) is 1. The summed E-state index contributed by atoms with van der Waals surface area (Å²) in [5, 5.41) is 9.04. The molecule has 0 bridgehead atoms. The average molecular weight is 481 g/mol. The van der Waals surface area contributed by atoms with E-state index in [9.17, 15) is 9.59 Å². The van der Waals surface area contributed by atoms with Gasteiger partial charge in [-0.05, 0) is 62.1 Å². The van der Waals surface area contributed by atoms with E-state index in [0.29, 0.717) is 53.6 Å². The Morgan fingerprint density at radius 3 is 2.47 bits per heavy atom. The number of benzene rings is 1.